The summed E-state index contributed by atoms with van der Waals surface area (Å²) in [6.45, 7) is 5.69. The Morgan fingerprint density at radius 3 is 2.13 bits per heavy atom. The summed E-state index contributed by atoms with van der Waals surface area (Å²) in [5, 5.41) is 12.5. The molecule has 30 heavy (non-hydrogen) atoms. The normalized spacial score (nSPS) is 14.7. The van der Waals surface area contributed by atoms with Crippen molar-refractivity contribution in [2.45, 2.75) is 13.1 Å². The molecule has 0 atom stereocenters. The number of hydrogen-bond donors (Lipinski definition) is 1. The minimum atomic E-state index is -0.336. The summed E-state index contributed by atoms with van der Waals surface area (Å²) in [7, 11) is 0. The van der Waals surface area contributed by atoms with E-state index < -0.39 is 0 Å². The smallest absolute Gasteiger partial charge is 0.263 e. The van der Waals surface area contributed by atoms with E-state index in [4.69, 9.17) is 4.74 Å². The zero-order valence-electron chi connectivity index (χ0n) is 17.2. The fourth-order valence-electron chi connectivity index (χ4n) is 3.35. The molecule has 1 aliphatic heterocycles. The Labute approximate surface area is 178 Å². The van der Waals surface area contributed by atoms with Crippen LogP contribution in [0.4, 0.5) is 0 Å². The molecule has 1 saturated heterocycles. The topological polar surface area (TPSA) is 68.6 Å². The number of nitrogens with zero attached hydrogens (tertiary/aromatic N) is 3. The van der Waals surface area contributed by atoms with Crippen molar-refractivity contribution < 1.29 is 9.53 Å². The van der Waals surface area contributed by atoms with Crippen LogP contribution in [0.25, 0.3) is 0 Å². The molecule has 1 heterocycles. The third kappa shape index (κ3) is 7.03. The molecule has 1 amide bonds. The van der Waals surface area contributed by atoms with E-state index in [0.717, 1.165) is 44.0 Å². The summed E-state index contributed by atoms with van der Waals surface area (Å²) < 4.78 is 5.34. The highest BCUT2D eigenvalue weighted by Gasteiger charge is 2.14. The maximum Gasteiger partial charge on any atom is 0.263 e. The molecule has 6 heteroatoms. The standard InChI is InChI=1S/C24H28N4O2/c25-17-23(24(29)26-11-12-27-13-15-30-16-14-27)20-28(18-21-7-3-1-4-8-21)19-22-9-5-2-6-10-22/h1-10,20H,11-16,18-19H2,(H,26,29)/b23-20-. The number of hydrogen-bond acceptors (Lipinski definition) is 5. The van der Waals surface area contributed by atoms with Crippen LogP contribution in [0.5, 0.6) is 0 Å². The molecule has 0 saturated carbocycles. The van der Waals surface area contributed by atoms with E-state index in [1.807, 2.05) is 65.6 Å². The van der Waals surface area contributed by atoms with Crippen LogP contribution in [0.1, 0.15) is 11.1 Å². The molecule has 1 aliphatic rings. The summed E-state index contributed by atoms with van der Waals surface area (Å²) in [4.78, 5) is 16.8. The Balaban J connectivity index is 1.65. The van der Waals surface area contributed by atoms with Gasteiger partial charge >= 0.3 is 0 Å². The number of amides is 1. The number of carbonyl (C=O) groups excluding carboxylic acids is 1. The molecule has 6 nitrogen and oxygen atoms in total. The van der Waals surface area contributed by atoms with Gasteiger partial charge < -0.3 is 15.0 Å². The van der Waals surface area contributed by atoms with Crippen LogP contribution < -0.4 is 5.32 Å². The Kier molecular flexibility index (Phi) is 8.46. The van der Waals surface area contributed by atoms with Crippen molar-refractivity contribution in [3.8, 4) is 6.07 Å². The van der Waals surface area contributed by atoms with Crippen LogP contribution in [0.3, 0.4) is 0 Å². The van der Waals surface area contributed by atoms with Crippen molar-refractivity contribution in [1.82, 2.24) is 15.1 Å². The number of carbonyl (C=O) groups is 1. The van der Waals surface area contributed by atoms with Crippen LogP contribution in [-0.2, 0) is 22.6 Å². The molecule has 1 N–H and O–H groups in total. The van der Waals surface area contributed by atoms with Crippen LogP contribution in [0.2, 0.25) is 0 Å². The number of rotatable bonds is 9. The molecular weight excluding hydrogens is 376 g/mol. The molecule has 0 unspecified atom stereocenters. The number of benzene rings is 2. The van der Waals surface area contributed by atoms with Crippen LogP contribution in [-0.4, -0.2) is 55.1 Å². The predicted octanol–water partition coefficient (Wildman–Crippen LogP) is 2.54. The van der Waals surface area contributed by atoms with Crippen LogP contribution >= 0.6 is 0 Å². The molecule has 156 valence electrons. The second-order valence-corrected chi connectivity index (χ2v) is 7.24. The molecule has 0 radical (unpaired) electrons. The van der Waals surface area contributed by atoms with Crippen molar-refractivity contribution in [2.75, 3.05) is 39.4 Å². The summed E-state index contributed by atoms with van der Waals surface area (Å²) in [6, 6.07) is 22.1. The average Bonchev–Trinajstić information content (AvgIpc) is 2.79. The minimum absolute atomic E-state index is 0.115. The average molecular weight is 405 g/mol. The lowest BCUT2D eigenvalue weighted by molar-refractivity contribution is -0.117. The Hall–Kier alpha value is -3.14. The zero-order valence-corrected chi connectivity index (χ0v) is 17.2. The Morgan fingerprint density at radius 2 is 1.60 bits per heavy atom. The zero-order chi connectivity index (χ0) is 21.0. The molecule has 3 rings (SSSR count). The quantitative estimate of drug-likeness (QED) is 0.514. The third-order valence-electron chi connectivity index (χ3n) is 4.95. The van der Waals surface area contributed by atoms with Crippen molar-refractivity contribution >= 4 is 5.91 Å². The van der Waals surface area contributed by atoms with Crippen molar-refractivity contribution in [3.05, 3.63) is 83.6 Å². The first kappa shape index (κ1) is 21.6. The van der Waals surface area contributed by atoms with Gasteiger partial charge in [-0.1, -0.05) is 60.7 Å². The predicted molar refractivity (Wildman–Crippen MR) is 116 cm³/mol. The Morgan fingerprint density at radius 1 is 1.03 bits per heavy atom. The summed E-state index contributed by atoms with van der Waals surface area (Å²) in [5.74, 6) is -0.336. The van der Waals surface area contributed by atoms with Gasteiger partial charge in [-0.05, 0) is 11.1 Å². The second kappa shape index (κ2) is 11.8. The third-order valence-corrected chi connectivity index (χ3v) is 4.95. The number of ether oxygens (including phenoxy) is 1. The van der Waals surface area contributed by atoms with E-state index in [2.05, 4.69) is 16.3 Å². The van der Waals surface area contributed by atoms with Gasteiger partial charge in [0.25, 0.3) is 5.91 Å². The molecule has 1 fully saturated rings. The highest BCUT2D eigenvalue weighted by atomic mass is 16.5. The van der Waals surface area contributed by atoms with Gasteiger partial charge in [0.2, 0.25) is 0 Å². The van der Waals surface area contributed by atoms with Gasteiger partial charge in [-0.25, -0.2) is 0 Å². The maximum atomic E-state index is 12.6. The first-order valence-electron chi connectivity index (χ1n) is 10.3. The van der Waals surface area contributed by atoms with Gasteiger partial charge in [0.1, 0.15) is 11.6 Å². The van der Waals surface area contributed by atoms with E-state index >= 15 is 0 Å². The highest BCUT2D eigenvalue weighted by molar-refractivity contribution is 5.97. The highest BCUT2D eigenvalue weighted by Crippen LogP contribution is 2.12. The van der Waals surface area contributed by atoms with E-state index in [-0.39, 0.29) is 11.5 Å². The lowest BCUT2D eigenvalue weighted by Crippen LogP contribution is -2.41. The van der Waals surface area contributed by atoms with E-state index in [0.29, 0.717) is 19.6 Å². The van der Waals surface area contributed by atoms with Gasteiger partial charge in [0.05, 0.1) is 13.2 Å². The lowest BCUT2D eigenvalue weighted by Gasteiger charge is -2.26. The molecule has 2 aromatic carbocycles. The van der Waals surface area contributed by atoms with Gasteiger partial charge in [-0.3, -0.25) is 9.69 Å². The number of nitrogens with one attached hydrogen (secondary N) is 1. The first-order valence-corrected chi connectivity index (χ1v) is 10.3. The lowest BCUT2D eigenvalue weighted by atomic mass is 10.1. The Bertz CT molecular complexity index is 814. The van der Waals surface area contributed by atoms with Crippen LogP contribution in [0.15, 0.2) is 72.4 Å². The van der Waals surface area contributed by atoms with Crippen LogP contribution in [0, 0.1) is 11.3 Å². The minimum Gasteiger partial charge on any atom is -0.379 e. The van der Waals surface area contributed by atoms with Gasteiger partial charge in [-0.2, -0.15) is 5.26 Å². The molecule has 0 bridgehead atoms. The maximum absolute atomic E-state index is 12.6. The fourth-order valence-corrected chi connectivity index (χ4v) is 3.35. The molecule has 0 aliphatic carbocycles. The SMILES string of the molecule is N#C/C(=C/N(Cc1ccccc1)Cc1ccccc1)C(=O)NCCN1CCOCC1. The van der Waals surface area contributed by atoms with Gasteiger partial charge in [-0.15, -0.1) is 0 Å². The van der Waals surface area contributed by atoms with Gasteiger partial charge in [0, 0.05) is 45.5 Å². The molecular formula is C24H28N4O2. The monoisotopic (exact) mass is 404 g/mol. The van der Waals surface area contributed by atoms with Gasteiger partial charge in [0.15, 0.2) is 0 Å². The second-order valence-electron chi connectivity index (χ2n) is 7.24. The van der Waals surface area contributed by atoms with Crippen molar-refractivity contribution in [2.24, 2.45) is 0 Å². The molecule has 2 aromatic rings. The summed E-state index contributed by atoms with van der Waals surface area (Å²) in [5.41, 5.74) is 2.35. The molecule has 0 spiro atoms. The molecule has 0 aromatic heterocycles. The summed E-state index contributed by atoms with van der Waals surface area (Å²) >= 11 is 0. The van der Waals surface area contributed by atoms with E-state index in [1.54, 1.807) is 6.20 Å². The van der Waals surface area contributed by atoms with Crippen molar-refractivity contribution in [3.63, 3.8) is 0 Å². The van der Waals surface area contributed by atoms with E-state index in [1.165, 1.54) is 0 Å². The fraction of sp³-hybridized carbons (Fsp3) is 0.333. The largest absolute Gasteiger partial charge is 0.379 e. The van der Waals surface area contributed by atoms with Crippen molar-refractivity contribution in [1.29, 1.82) is 5.26 Å². The van der Waals surface area contributed by atoms with E-state index in [9.17, 15) is 10.1 Å². The number of nitriles is 1. The first-order chi connectivity index (χ1) is 14.7. The number of morpholine rings is 1. The summed E-state index contributed by atoms with van der Waals surface area (Å²) in [6.07, 6.45) is 1.67.